The Bertz CT molecular complexity index is 1270. The highest BCUT2D eigenvalue weighted by molar-refractivity contribution is 7.98. The minimum Gasteiger partial charge on any atom is -0.276 e. The maximum atomic E-state index is 13.0. The van der Waals surface area contributed by atoms with Gasteiger partial charge >= 0.3 is 0 Å². The average molecular weight is 404 g/mol. The van der Waals surface area contributed by atoms with Crippen LogP contribution < -0.4 is 5.56 Å². The summed E-state index contributed by atoms with van der Waals surface area (Å²) in [5.74, 6) is 1.25. The number of benzene rings is 2. The second-order valence-corrected chi connectivity index (χ2v) is 7.84. The highest BCUT2D eigenvalue weighted by atomic mass is 32.2. The predicted molar refractivity (Wildman–Crippen MR) is 115 cm³/mol. The fourth-order valence-electron chi connectivity index (χ4n) is 3.43. The molecule has 146 valence electrons. The van der Waals surface area contributed by atoms with E-state index < -0.39 is 0 Å². The number of aryl methyl sites for hydroxylation is 1. The van der Waals surface area contributed by atoms with E-state index in [-0.39, 0.29) is 5.56 Å². The van der Waals surface area contributed by atoms with E-state index in [1.54, 1.807) is 22.4 Å². The summed E-state index contributed by atoms with van der Waals surface area (Å²) in [6.45, 7) is 2.78. The van der Waals surface area contributed by atoms with E-state index in [1.807, 2.05) is 46.9 Å². The number of thioether (sulfide) groups is 1. The largest absolute Gasteiger partial charge is 0.276 e. The van der Waals surface area contributed by atoms with Crippen molar-refractivity contribution >= 4 is 28.4 Å². The Kier molecular flexibility index (Phi) is 5.63. The first kappa shape index (κ1) is 19.2. The Labute approximate surface area is 172 Å². The van der Waals surface area contributed by atoms with Crippen molar-refractivity contribution < 1.29 is 0 Å². The Morgan fingerprint density at radius 2 is 1.97 bits per heavy atom. The van der Waals surface area contributed by atoms with Crippen LogP contribution in [-0.4, -0.2) is 19.2 Å². The van der Waals surface area contributed by atoms with Crippen LogP contribution in [0, 0.1) is 11.3 Å². The summed E-state index contributed by atoms with van der Waals surface area (Å²) in [7, 11) is 0. The summed E-state index contributed by atoms with van der Waals surface area (Å²) in [6.07, 6.45) is 3.09. The highest BCUT2D eigenvalue weighted by Crippen LogP contribution is 2.25. The molecule has 0 atom stereocenters. The van der Waals surface area contributed by atoms with Crippen LogP contribution in [0.1, 0.15) is 37.3 Å². The highest BCUT2D eigenvalue weighted by Gasteiger charge is 2.16. The molecule has 0 amide bonds. The quantitative estimate of drug-likeness (QED) is 0.338. The van der Waals surface area contributed by atoms with Crippen LogP contribution in [0.5, 0.6) is 0 Å². The zero-order valence-electron chi connectivity index (χ0n) is 16.2. The van der Waals surface area contributed by atoms with Crippen LogP contribution in [0.15, 0.2) is 58.5 Å². The van der Waals surface area contributed by atoms with Crippen LogP contribution in [0.4, 0.5) is 0 Å². The smallest absolute Gasteiger partial charge is 0.262 e. The lowest BCUT2D eigenvalue weighted by Crippen LogP contribution is -2.23. The normalized spacial score (nSPS) is 11.2. The minimum atomic E-state index is -0.0186. The second-order valence-electron chi connectivity index (χ2n) is 6.90. The molecule has 0 aliphatic rings. The number of hydrogen-bond acceptors (Lipinski definition) is 5. The van der Waals surface area contributed by atoms with Crippen LogP contribution >= 0.6 is 11.8 Å². The van der Waals surface area contributed by atoms with Crippen molar-refractivity contribution in [2.45, 2.75) is 43.6 Å². The molecule has 0 unspecified atom stereocenters. The minimum absolute atomic E-state index is 0.0186. The maximum Gasteiger partial charge on any atom is 0.262 e. The third kappa shape index (κ3) is 3.76. The van der Waals surface area contributed by atoms with E-state index in [2.05, 4.69) is 23.2 Å². The number of para-hydroxylation sites is 1. The lowest BCUT2D eigenvalue weighted by molar-refractivity contribution is 0.594. The lowest BCUT2D eigenvalue weighted by Gasteiger charge is -2.11. The van der Waals surface area contributed by atoms with Gasteiger partial charge in [0.15, 0.2) is 5.16 Å². The molecule has 29 heavy (non-hydrogen) atoms. The van der Waals surface area contributed by atoms with E-state index in [0.717, 1.165) is 35.5 Å². The summed E-state index contributed by atoms with van der Waals surface area (Å²) in [6, 6.07) is 17.3. The molecule has 0 saturated heterocycles. The molecule has 6 nitrogen and oxygen atoms in total. The molecule has 2 aromatic heterocycles. The van der Waals surface area contributed by atoms with Crippen LogP contribution in [0.25, 0.3) is 16.7 Å². The molecular weight excluding hydrogens is 382 g/mol. The van der Waals surface area contributed by atoms with Crippen LogP contribution in [0.2, 0.25) is 0 Å². The zero-order chi connectivity index (χ0) is 20.2. The summed E-state index contributed by atoms with van der Waals surface area (Å²) in [4.78, 5) is 13.0. The molecule has 2 heterocycles. The van der Waals surface area contributed by atoms with Crippen molar-refractivity contribution in [1.82, 2.24) is 19.2 Å². The van der Waals surface area contributed by atoms with Crippen LogP contribution in [-0.2, 0) is 12.3 Å². The SMILES string of the molecule is CCCCCn1c(=O)c2ccccc2n2c(SCc3cccc(C#N)c3)nnc12. The number of nitrogens with zero attached hydrogens (tertiary/aromatic N) is 5. The molecule has 2 aromatic carbocycles. The van der Waals surface area contributed by atoms with Gasteiger partial charge in [-0.15, -0.1) is 10.2 Å². The monoisotopic (exact) mass is 403 g/mol. The van der Waals surface area contributed by atoms with Crippen molar-refractivity contribution in [3.63, 3.8) is 0 Å². The summed E-state index contributed by atoms with van der Waals surface area (Å²) < 4.78 is 3.72. The predicted octanol–water partition coefficient (Wildman–Crippen LogP) is 4.40. The summed E-state index contributed by atoms with van der Waals surface area (Å²) in [5, 5.41) is 19.3. The summed E-state index contributed by atoms with van der Waals surface area (Å²) >= 11 is 1.55. The number of nitriles is 1. The topological polar surface area (TPSA) is 76.0 Å². The lowest BCUT2D eigenvalue weighted by atomic mass is 10.2. The third-order valence-electron chi connectivity index (χ3n) is 4.89. The van der Waals surface area contributed by atoms with Crippen LogP contribution in [0.3, 0.4) is 0 Å². The molecule has 0 aliphatic heterocycles. The molecule has 0 radical (unpaired) electrons. The number of aromatic nitrogens is 4. The van der Waals surface area contributed by atoms with E-state index in [0.29, 0.717) is 29.0 Å². The van der Waals surface area contributed by atoms with Gasteiger partial charge in [0.05, 0.1) is 22.5 Å². The van der Waals surface area contributed by atoms with Gasteiger partial charge in [0, 0.05) is 12.3 Å². The first-order chi connectivity index (χ1) is 14.2. The second kappa shape index (κ2) is 8.50. The Morgan fingerprint density at radius 1 is 1.10 bits per heavy atom. The molecule has 0 aliphatic carbocycles. The first-order valence-electron chi connectivity index (χ1n) is 9.71. The van der Waals surface area contributed by atoms with E-state index >= 15 is 0 Å². The van der Waals surface area contributed by atoms with Gasteiger partial charge in [-0.2, -0.15) is 5.26 Å². The van der Waals surface area contributed by atoms with Crippen molar-refractivity contribution in [1.29, 1.82) is 5.26 Å². The molecule has 0 N–H and O–H groups in total. The van der Waals surface area contributed by atoms with Crippen molar-refractivity contribution in [2.24, 2.45) is 0 Å². The molecule has 7 heteroatoms. The van der Waals surface area contributed by atoms with E-state index in [9.17, 15) is 4.79 Å². The van der Waals surface area contributed by atoms with Gasteiger partial charge in [-0.05, 0) is 36.2 Å². The van der Waals surface area contributed by atoms with Gasteiger partial charge in [-0.1, -0.05) is 55.8 Å². The fraction of sp³-hybridized carbons (Fsp3) is 0.273. The van der Waals surface area contributed by atoms with Gasteiger partial charge in [-0.3, -0.25) is 13.8 Å². The fourth-order valence-corrected chi connectivity index (χ4v) is 4.31. The van der Waals surface area contributed by atoms with Gasteiger partial charge < -0.3 is 0 Å². The van der Waals surface area contributed by atoms with Gasteiger partial charge in [0.25, 0.3) is 5.56 Å². The average Bonchev–Trinajstić information content (AvgIpc) is 3.19. The maximum absolute atomic E-state index is 13.0. The molecule has 4 rings (SSSR count). The molecule has 4 aromatic rings. The van der Waals surface area contributed by atoms with Gasteiger partial charge in [0.2, 0.25) is 5.78 Å². The molecule has 0 fully saturated rings. The number of unbranched alkanes of at least 4 members (excludes halogenated alkanes) is 2. The number of fused-ring (bicyclic) bond motifs is 3. The van der Waals surface area contributed by atoms with Gasteiger partial charge in [0.1, 0.15) is 0 Å². The van der Waals surface area contributed by atoms with Gasteiger partial charge in [-0.25, -0.2) is 0 Å². The standard InChI is InChI=1S/C22H21N5OS/c1-2-3-6-12-26-20(28)18-10-4-5-11-19(18)27-21(26)24-25-22(27)29-15-17-9-7-8-16(13-17)14-23/h4-5,7-11,13H,2-3,6,12,15H2,1H3. The van der Waals surface area contributed by atoms with E-state index in [1.165, 1.54) is 0 Å². The molecule has 0 saturated carbocycles. The zero-order valence-corrected chi connectivity index (χ0v) is 17.0. The first-order valence-corrected chi connectivity index (χ1v) is 10.7. The Morgan fingerprint density at radius 3 is 2.79 bits per heavy atom. The van der Waals surface area contributed by atoms with E-state index in [4.69, 9.17) is 5.26 Å². The van der Waals surface area contributed by atoms with Crippen molar-refractivity contribution in [3.8, 4) is 6.07 Å². The molecule has 0 spiro atoms. The number of rotatable bonds is 7. The number of hydrogen-bond donors (Lipinski definition) is 0. The summed E-state index contributed by atoms with van der Waals surface area (Å²) in [5.41, 5.74) is 2.49. The van der Waals surface area contributed by atoms with Crippen molar-refractivity contribution in [2.75, 3.05) is 0 Å². The Hall–Kier alpha value is -3.11. The van der Waals surface area contributed by atoms with Crippen molar-refractivity contribution in [3.05, 3.63) is 70.0 Å². The molecular formula is C22H21N5OS. The third-order valence-corrected chi connectivity index (χ3v) is 5.89. The Balaban J connectivity index is 1.77. The molecule has 0 bridgehead atoms.